The number of rotatable bonds is 5. The number of morpholine rings is 1. The van der Waals surface area contributed by atoms with Crippen LogP contribution in [0.3, 0.4) is 0 Å². The molecule has 7 heteroatoms. The number of nitrogens with zero attached hydrogens (tertiary/aromatic N) is 3. The highest BCUT2D eigenvalue weighted by molar-refractivity contribution is 4.99. The lowest BCUT2D eigenvalue weighted by atomic mass is 10.1. The van der Waals surface area contributed by atoms with Gasteiger partial charge >= 0.3 is 0 Å². The number of nitrogens with two attached hydrogens (primary N) is 1. The average Bonchev–Trinajstić information content (AvgIpc) is 2.90. The molecule has 1 unspecified atom stereocenters. The van der Waals surface area contributed by atoms with Gasteiger partial charge in [0.2, 0.25) is 0 Å². The summed E-state index contributed by atoms with van der Waals surface area (Å²) in [6, 6.07) is -0.261. The van der Waals surface area contributed by atoms with E-state index in [1.54, 1.807) is 7.11 Å². The molecule has 1 aliphatic rings. The largest absolute Gasteiger partial charge is 0.379 e. The molecular weight excluding hydrogens is 248 g/mol. The number of aromatic nitrogens is 2. The molecule has 0 saturated carbocycles. The SMILES string of the molecule is COC(C)(C)c1nc(C(N)CN2CCOCC2)no1. The summed E-state index contributed by atoms with van der Waals surface area (Å²) < 4.78 is 15.8. The quantitative estimate of drug-likeness (QED) is 0.822. The van der Waals surface area contributed by atoms with Crippen LogP contribution in [0.15, 0.2) is 4.52 Å². The normalized spacial score (nSPS) is 19.6. The van der Waals surface area contributed by atoms with Gasteiger partial charge in [0.25, 0.3) is 5.89 Å². The van der Waals surface area contributed by atoms with Crippen LogP contribution in [0.1, 0.15) is 31.6 Å². The van der Waals surface area contributed by atoms with Crippen molar-refractivity contribution in [3.05, 3.63) is 11.7 Å². The lowest BCUT2D eigenvalue weighted by Crippen LogP contribution is -2.40. The van der Waals surface area contributed by atoms with E-state index in [1.807, 2.05) is 13.8 Å². The molecule has 2 heterocycles. The molecule has 1 saturated heterocycles. The number of methoxy groups -OCH3 is 1. The molecule has 1 atom stereocenters. The summed E-state index contributed by atoms with van der Waals surface area (Å²) in [5, 5.41) is 3.95. The highest BCUT2D eigenvalue weighted by Gasteiger charge is 2.28. The van der Waals surface area contributed by atoms with Crippen molar-refractivity contribution in [2.75, 3.05) is 40.0 Å². The smallest absolute Gasteiger partial charge is 0.258 e. The van der Waals surface area contributed by atoms with E-state index in [9.17, 15) is 0 Å². The van der Waals surface area contributed by atoms with Crippen LogP contribution in [-0.4, -0.2) is 55.0 Å². The van der Waals surface area contributed by atoms with Crippen molar-refractivity contribution in [3.63, 3.8) is 0 Å². The van der Waals surface area contributed by atoms with E-state index in [2.05, 4.69) is 15.0 Å². The molecule has 7 nitrogen and oxygen atoms in total. The van der Waals surface area contributed by atoms with Crippen LogP contribution >= 0.6 is 0 Å². The summed E-state index contributed by atoms with van der Waals surface area (Å²) in [5.74, 6) is 0.967. The summed E-state index contributed by atoms with van der Waals surface area (Å²) in [4.78, 5) is 6.57. The molecule has 19 heavy (non-hydrogen) atoms. The van der Waals surface area contributed by atoms with Crippen LogP contribution in [0.4, 0.5) is 0 Å². The maximum atomic E-state index is 6.12. The number of hydrogen-bond acceptors (Lipinski definition) is 7. The van der Waals surface area contributed by atoms with Crippen LogP contribution in [0.5, 0.6) is 0 Å². The molecular formula is C12H22N4O3. The van der Waals surface area contributed by atoms with Crippen molar-refractivity contribution in [2.45, 2.75) is 25.5 Å². The zero-order chi connectivity index (χ0) is 13.9. The Morgan fingerprint density at radius 3 is 2.74 bits per heavy atom. The summed E-state index contributed by atoms with van der Waals surface area (Å²) >= 11 is 0. The Balaban J connectivity index is 1.97. The lowest BCUT2D eigenvalue weighted by Gasteiger charge is -2.27. The minimum Gasteiger partial charge on any atom is -0.379 e. The van der Waals surface area contributed by atoms with E-state index in [1.165, 1.54) is 0 Å². The fourth-order valence-electron chi connectivity index (χ4n) is 1.86. The first-order chi connectivity index (χ1) is 9.03. The molecule has 0 bridgehead atoms. The van der Waals surface area contributed by atoms with Gasteiger partial charge in [-0.15, -0.1) is 0 Å². The molecule has 0 spiro atoms. The van der Waals surface area contributed by atoms with Gasteiger partial charge in [-0.3, -0.25) is 4.90 Å². The summed E-state index contributed by atoms with van der Waals surface area (Å²) in [7, 11) is 1.61. The topological polar surface area (TPSA) is 86.6 Å². The highest BCUT2D eigenvalue weighted by atomic mass is 16.5. The fraction of sp³-hybridized carbons (Fsp3) is 0.833. The Morgan fingerprint density at radius 2 is 2.11 bits per heavy atom. The highest BCUT2D eigenvalue weighted by Crippen LogP contribution is 2.22. The Morgan fingerprint density at radius 1 is 1.42 bits per heavy atom. The van der Waals surface area contributed by atoms with E-state index in [-0.39, 0.29) is 6.04 Å². The molecule has 1 fully saturated rings. The molecule has 108 valence electrons. The van der Waals surface area contributed by atoms with Crippen molar-refractivity contribution < 1.29 is 14.0 Å². The predicted octanol–water partition coefficient (Wildman–Crippen LogP) is 0.283. The van der Waals surface area contributed by atoms with E-state index in [4.69, 9.17) is 19.7 Å². The minimum atomic E-state index is -0.593. The van der Waals surface area contributed by atoms with Gasteiger partial charge in [0.05, 0.1) is 19.3 Å². The zero-order valence-corrected chi connectivity index (χ0v) is 11.8. The second-order valence-corrected chi connectivity index (χ2v) is 5.19. The van der Waals surface area contributed by atoms with Gasteiger partial charge in [0.1, 0.15) is 5.60 Å². The fourth-order valence-corrected chi connectivity index (χ4v) is 1.86. The maximum absolute atomic E-state index is 6.12. The summed E-state index contributed by atoms with van der Waals surface area (Å²) in [6.07, 6.45) is 0. The van der Waals surface area contributed by atoms with Crippen molar-refractivity contribution in [1.29, 1.82) is 0 Å². The van der Waals surface area contributed by atoms with Gasteiger partial charge in [-0.2, -0.15) is 4.98 Å². The first-order valence-electron chi connectivity index (χ1n) is 6.48. The molecule has 2 N–H and O–H groups in total. The van der Waals surface area contributed by atoms with Gasteiger partial charge in [0, 0.05) is 26.7 Å². The molecule has 0 aromatic carbocycles. The van der Waals surface area contributed by atoms with Crippen LogP contribution in [0, 0.1) is 0 Å². The molecule has 0 amide bonds. The third-order valence-corrected chi connectivity index (χ3v) is 3.36. The molecule has 1 aromatic heterocycles. The maximum Gasteiger partial charge on any atom is 0.258 e. The standard InChI is InChI=1S/C12H22N4O3/c1-12(2,17-3)11-14-10(15-19-11)9(13)8-16-4-6-18-7-5-16/h9H,4-8,13H2,1-3H3. The average molecular weight is 270 g/mol. The molecule has 1 aliphatic heterocycles. The zero-order valence-electron chi connectivity index (χ0n) is 11.8. The van der Waals surface area contributed by atoms with E-state index in [0.717, 1.165) is 26.3 Å². The monoisotopic (exact) mass is 270 g/mol. The third kappa shape index (κ3) is 3.50. The lowest BCUT2D eigenvalue weighted by molar-refractivity contribution is -0.00787. The first kappa shape index (κ1) is 14.4. The second kappa shape index (κ2) is 5.96. The first-order valence-corrected chi connectivity index (χ1v) is 6.48. The van der Waals surface area contributed by atoms with Crippen molar-refractivity contribution in [2.24, 2.45) is 5.73 Å². The van der Waals surface area contributed by atoms with Crippen LogP contribution in [0.25, 0.3) is 0 Å². The Labute approximate surface area is 113 Å². The van der Waals surface area contributed by atoms with Gasteiger partial charge in [-0.25, -0.2) is 0 Å². The van der Waals surface area contributed by atoms with Crippen molar-refractivity contribution >= 4 is 0 Å². The van der Waals surface area contributed by atoms with E-state index < -0.39 is 5.60 Å². The molecule has 0 aliphatic carbocycles. The Bertz CT molecular complexity index is 401. The second-order valence-electron chi connectivity index (χ2n) is 5.19. The summed E-state index contributed by atoms with van der Waals surface area (Å²) in [6.45, 7) is 7.73. The number of hydrogen-bond donors (Lipinski definition) is 1. The minimum absolute atomic E-state index is 0.261. The molecule has 2 rings (SSSR count). The molecule has 1 aromatic rings. The van der Waals surface area contributed by atoms with Gasteiger partial charge in [-0.1, -0.05) is 5.16 Å². The van der Waals surface area contributed by atoms with E-state index >= 15 is 0 Å². The van der Waals surface area contributed by atoms with Crippen LogP contribution in [-0.2, 0) is 15.1 Å². The van der Waals surface area contributed by atoms with Crippen LogP contribution in [0.2, 0.25) is 0 Å². The van der Waals surface area contributed by atoms with E-state index in [0.29, 0.717) is 18.3 Å². The third-order valence-electron chi connectivity index (χ3n) is 3.36. The number of ether oxygens (including phenoxy) is 2. The Hall–Kier alpha value is -1.02. The summed E-state index contributed by atoms with van der Waals surface area (Å²) in [5.41, 5.74) is 5.52. The van der Waals surface area contributed by atoms with Gasteiger partial charge < -0.3 is 19.7 Å². The van der Waals surface area contributed by atoms with Gasteiger partial charge in [0.15, 0.2) is 5.82 Å². The predicted molar refractivity (Wildman–Crippen MR) is 68.5 cm³/mol. The Kier molecular flexibility index (Phi) is 4.51. The van der Waals surface area contributed by atoms with Crippen molar-refractivity contribution in [1.82, 2.24) is 15.0 Å². The van der Waals surface area contributed by atoms with Gasteiger partial charge in [-0.05, 0) is 13.8 Å². The molecule has 0 radical (unpaired) electrons. The van der Waals surface area contributed by atoms with Crippen molar-refractivity contribution in [3.8, 4) is 0 Å². The van der Waals surface area contributed by atoms with Crippen LogP contribution < -0.4 is 5.73 Å².